The lowest BCUT2D eigenvalue weighted by Crippen LogP contribution is -2.41. The lowest BCUT2D eigenvalue weighted by molar-refractivity contribution is 0.161. The van der Waals surface area contributed by atoms with E-state index in [1.807, 2.05) is 0 Å². The third-order valence-corrected chi connectivity index (χ3v) is 5.29. The molecule has 0 radical (unpaired) electrons. The standard InChI is InChI=1S/C15H24N2O6S/c18-14(6-7-16-15(19)20)11-3-1-5-13(9-11)23-10-12-4-2-8-24(21,22)17-12/h1,3,5,9,12,14,16-18,21-22H,2,4,6-8,10H2,(H,19,20)/t12?,14-/m1/s1. The monoisotopic (exact) mass is 360 g/mol. The number of rotatable bonds is 7. The molecule has 1 aromatic carbocycles. The second kappa shape index (κ2) is 8.54. The van der Waals surface area contributed by atoms with E-state index in [1.54, 1.807) is 24.3 Å². The van der Waals surface area contributed by atoms with Crippen molar-refractivity contribution in [3.8, 4) is 5.75 Å². The van der Waals surface area contributed by atoms with Crippen LogP contribution < -0.4 is 14.8 Å². The summed E-state index contributed by atoms with van der Waals surface area (Å²) in [6, 6.07) is 6.82. The summed E-state index contributed by atoms with van der Waals surface area (Å²) in [5, 5.41) is 20.8. The number of carbonyl (C=O) groups is 1. The molecule has 2 rings (SSSR count). The molecule has 1 aliphatic heterocycles. The predicted molar refractivity (Wildman–Crippen MR) is 91.4 cm³/mol. The molecule has 0 bridgehead atoms. The summed E-state index contributed by atoms with van der Waals surface area (Å²) in [5.41, 5.74) is 0.639. The maximum Gasteiger partial charge on any atom is 0.404 e. The van der Waals surface area contributed by atoms with Crippen LogP contribution in [0.3, 0.4) is 0 Å². The van der Waals surface area contributed by atoms with Gasteiger partial charge in [0.1, 0.15) is 12.4 Å². The first-order valence-electron chi connectivity index (χ1n) is 7.76. The van der Waals surface area contributed by atoms with Crippen LogP contribution in [-0.4, -0.2) is 50.4 Å². The van der Waals surface area contributed by atoms with Crippen LogP contribution in [0.5, 0.6) is 5.75 Å². The number of benzene rings is 1. The van der Waals surface area contributed by atoms with E-state index in [4.69, 9.17) is 9.84 Å². The van der Waals surface area contributed by atoms with Gasteiger partial charge in [0.25, 0.3) is 0 Å². The summed E-state index contributed by atoms with van der Waals surface area (Å²) in [5.74, 6) is 0.942. The molecular formula is C15H24N2O6S. The van der Waals surface area contributed by atoms with Crippen molar-refractivity contribution in [1.82, 2.24) is 10.0 Å². The van der Waals surface area contributed by atoms with Gasteiger partial charge in [0, 0.05) is 6.54 Å². The molecular weight excluding hydrogens is 336 g/mol. The van der Waals surface area contributed by atoms with Gasteiger partial charge in [-0.2, -0.15) is 0 Å². The normalized spacial score (nSPS) is 22.4. The topological polar surface area (TPSA) is 131 Å². The number of carboxylic acid groups (broad SMARTS) is 1. The smallest absolute Gasteiger partial charge is 0.404 e. The fourth-order valence-corrected chi connectivity index (χ4v) is 3.93. The molecule has 0 spiro atoms. The number of nitrogens with one attached hydrogen (secondary N) is 2. The fraction of sp³-hybridized carbons (Fsp3) is 0.533. The number of ether oxygens (including phenoxy) is 1. The van der Waals surface area contributed by atoms with Crippen molar-refractivity contribution in [1.29, 1.82) is 0 Å². The van der Waals surface area contributed by atoms with E-state index >= 15 is 0 Å². The molecule has 2 atom stereocenters. The number of hydrogen-bond acceptors (Lipinski definition) is 6. The van der Waals surface area contributed by atoms with E-state index in [0.717, 1.165) is 12.8 Å². The number of aliphatic hydroxyl groups is 1. The molecule has 1 fully saturated rings. The van der Waals surface area contributed by atoms with Gasteiger partial charge < -0.3 is 20.3 Å². The lowest BCUT2D eigenvalue weighted by Gasteiger charge is -2.40. The minimum atomic E-state index is -2.70. The quantitative estimate of drug-likeness (QED) is 0.439. The zero-order valence-corrected chi connectivity index (χ0v) is 14.0. The number of aliphatic hydroxyl groups excluding tert-OH is 1. The molecule has 24 heavy (non-hydrogen) atoms. The van der Waals surface area contributed by atoms with Gasteiger partial charge in [0.2, 0.25) is 0 Å². The molecule has 1 amide bonds. The second-order valence-corrected chi connectivity index (χ2v) is 7.73. The van der Waals surface area contributed by atoms with Crippen molar-refractivity contribution >= 4 is 16.9 Å². The van der Waals surface area contributed by atoms with E-state index in [2.05, 4.69) is 10.0 Å². The number of amides is 1. The summed E-state index contributed by atoms with van der Waals surface area (Å²) < 4.78 is 27.8. The molecule has 0 aliphatic carbocycles. The summed E-state index contributed by atoms with van der Waals surface area (Å²) >= 11 is 0. The van der Waals surface area contributed by atoms with Gasteiger partial charge in [-0.25, -0.2) is 9.52 Å². The highest BCUT2D eigenvalue weighted by molar-refractivity contribution is 8.22. The van der Waals surface area contributed by atoms with E-state index in [9.17, 15) is 19.0 Å². The van der Waals surface area contributed by atoms with Gasteiger partial charge in [-0.15, -0.1) is 10.8 Å². The van der Waals surface area contributed by atoms with E-state index in [0.29, 0.717) is 23.7 Å². The van der Waals surface area contributed by atoms with E-state index < -0.39 is 23.0 Å². The van der Waals surface area contributed by atoms with Crippen LogP contribution in [-0.2, 0) is 0 Å². The van der Waals surface area contributed by atoms with Gasteiger partial charge in [0.15, 0.2) is 0 Å². The highest BCUT2D eigenvalue weighted by Crippen LogP contribution is 2.39. The Hall–Kier alpha value is -1.52. The SMILES string of the molecule is O=C(O)NCC[C@@H](O)c1cccc(OCC2CCCS(O)(O)N2)c1. The Morgan fingerprint density at radius 3 is 2.96 bits per heavy atom. The van der Waals surface area contributed by atoms with Gasteiger partial charge in [0.05, 0.1) is 17.9 Å². The van der Waals surface area contributed by atoms with Crippen molar-refractivity contribution in [2.24, 2.45) is 0 Å². The third-order valence-electron chi connectivity index (χ3n) is 3.73. The Morgan fingerprint density at radius 1 is 1.46 bits per heavy atom. The van der Waals surface area contributed by atoms with E-state index in [-0.39, 0.29) is 19.0 Å². The first-order valence-corrected chi connectivity index (χ1v) is 9.48. The second-order valence-electron chi connectivity index (χ2n) is 5.75. The Labute approximate surface area is 142 Å². The fourth-order valence-electron chi connectivity index (χ4n) is 2.52. The highest BCUT2D eigenvalue weighted by Gasteiger charge is 2.24. The zero-order chi connectivity index (χ0) is 17.6. The van der Waals surface area contributed by atoms with Gasteiger partial charge in [-0.3, -0.25) is 9.11 Å². The van der Waals surface area contributed by atoms with Crippen LogP contribution in [0.4, 0.5) is 4.79 Å². The Kier molecular flexibility index (Phi) is 6.69. The Morgan fingerprint density at radius 2 is 2.25 bits per heavy atom. The molecule has 1 aliphatic rings. The van der Waals surface area contributed by atoms with Crippen molar-refractivity contribution < 1.29 is 28.8 Å². The molecule has 1 saturated heterocycles. The molecule has 1 heterocycles. The molecule has 136 valence electrons. The van der Waals surface area contributed by atoms with E-state index in [1.165, 1.54) is 0 Å². The van der Waals surface area contributed by atoms with Gasteiger partial charge in [-0.05, 0) is 37.0 Å². The van der Waals surface area contributed by atoms with Gasteiger partial charge >= 0.3 is 6.09 Å². The highest BCUT2D eigenvalue weighted by atomic mass is 32.3. The largest absolute Gasteiger partial charge is 0.492 e. The zero-order valence-electron chi connectivity index (χ0n) is 13.2. The van der Waals surface area contributed by atoms with Crippen LogP contribution in [0.15, 0.2) is 24.3 Å². The predicted octanol–water partition coefficient (Wildman–Crippen LogP) is 2.17. The molecule has 6 N–H and O–H groups in total. The summed E-state index contributed by atoms with van der Waals surface area (Å²) in [6.45, 7) is 0.460. The van der Waals surface area contributed by atoms with Crippen LogP contribution in [0, 0.1) is 0 Å². The maximum atomic E-state index is 10.4. The Bertz CT molecular complexity index is 557. The average Bonchev–Trinajstić information content (AvgIpc) is 2.52. The van der Waals surface area contributed by atoms with Crippen molar-refractivity contribution in [2.75, 3.05) is 18.9 Å². The third kappa shape index (κ3) is 6.17. The molecule has 1 unspecified atom stereocenters. The lowest BCUT2D eigenvalue weighted by atomic mass is 10.1. The summed E-state index contributed by atoms with van der Waals surface area (Å²) in [4.78, 5) is 10.4. The van der Waals surface area contributed by atoms with Crippen LogP contribution in [0.25, 0.3) is 0 Å². The number of hydrogen-bond donors (Lipinski definition) is 6. The Balaban J connectivity index is 1.84. The van der Waals surface area contributed by atoms with Crippen molar-refractivity contribution in [2.45, 2.75) is 31.4 Å². The van der Waals surface area contributed by atoms with Crippen LogP contribution >= 0.6 is 10.8 Å². The first-order chi connectivity index (χ1) is 11.4. The summed E-state index contributed by atoms with van der Waals surface area (Å²) in [7, 11) is -2.70. The van der Waals surface area contributed by atoms with Gasteiger partial charge in [-0.1, -0.05) is 12.1 Å². The van der Waals surface area contributed by atoms with Crippen molar-refractivity contribution in [3.63, 3.8) is 0 Å². The summed E-state index contributed by atoms with van der Waals surface area (Å²) in [6.07, 6.45) is -0.108. The molecule has 0 saturated carbocycles. The minimum absolute atomic E-state index is 0.128. The average molecular weight is 360 g/mol. The molecule has 9 heteroatoms. The van der Waals surface area contributed by atoms with Crippen LogP contribution in [0.2, 0.25) is 0 Å². The molecule has 0 aromatic heterocycles. The maximum absolute atomic E-state index is 10.4. The van der Waals surface area contributed by atoms with Crippen LogP contribution in [0.1, 0.15) is 30.9 Å². The molecule has 8 nitrogen and oxygen atoms in total. The minimum Gasteiger partial charge on any atom is -0.492 e. The van der Waals surface area contributed by atoms with Crippen molar-refractivity contribution in [3.05, 3.63) is 29.8 Å². The first kappa shape index (κ1) is 18.8. The molecule has 1 aromatic rings.